The summed E-state index contributed by atoms with van der Waals surface area (Å²) in [6.07, 6.45) is 6.38. The minimum atomic E-state index is 0.361. The third kappa shape index (κ3) is 2.99. The van der Waals surface area contributed by atoms with E-state index in [4.69, 9.17) is 28.9 Å². The van der Waals surface area contributed by atoms with Gasteiger partial charge in [0.25, 0.3) is 0 Å². The largest absolute Gasteiger partial charge is 0.330 e. The summed E-state index contributed by atoms with van der Waals surface area (Å²) in [5.41, 5.74) is 7.28. The maximum Gasteiger partial charge on any atom is 0.0468 e. The fraction of sp³-hybridized carbons (Fsp3) is 0.625. The van der Waals surface area contributed by atoms with Crippen molar-refractivity contribution < 1.29 is 0 Å². The third-order valence-corrected chi connectivity index (χ3v) is 5.21. The maximum atomic E-state index is 6.48. The second-order valence-electron chi connectivity index (χ2n) is 6.07. The highest BCUT2D eigenvalue weighted by Gasteiger charge is 2.39. The molecule has 0 radical (unpaired) electrons. The van der Waals surface area contributed by atoms with Crippen LogP contribution in [-0.2, 0) is 0 Å². The average Bonchev–Trinajstić information content (AvgIpc) is 3.24. The van der Waals surface area contributed by atoms with Crippen molar-refractivity contribution in [2.75, 3.05) is 13.1 Å². The smallest absolute Gasteiger partial charge is 0.0468 e. The van der Waals surface area contributed by atoms with Gasteiger partial charge < -0.3 is 5.73 Å². The van der Waals surface area contributed by atoms with Crippen LogP contribution >= 0.6 is 23.2 Å². The van der Waals surface area contributed by atoms with Crippen LogP contribution in [0.1, 0.15) is 43.7 Å². The van der Waals surface area contributed by atoms with Crippen molar-refractivity contribution in [3.8, 4) is 0 Å². The first-order valence-corrected chi connectivity index (χ1v) is 8.37. The molecule has 0 bridgehead atoms. The zero-order valence-electron chi connectivity index (χ0n) is 11.7. The minimum Gasteiger partial charge on any atom is -0.330 e. The van der Waals surface area contributed by atoms with E-state index in [1.165, 1.54) is 44.2 Å². The molecule has 0 spiro atoms. The van der Waals surface area contributed by atoms with E-state index in [-0.39, 0.29) is 0 Å². The molecular formula is C16H22Cl2N2. The Morgan fingerprint density at radius 1 is 1.15 bits per heavy atom. The van der Waals surface area contributed by atoms with E-state index in [1.807, 2.05) is 12.1 Å². The van der Waals surface area contributed by atoms with Gasteiger partial charge in [-0.1, -0.05) is 35.7 Å². The van der Waals surface area contributed by atoms with Gasteiger partial charge >= 0.3 is 0 Å². The fourth-order valence-corrected chi connectivity index (χ4v) is 4.03. The summed E-state index contributed by atoms with van der Waals surface area (Å²) < 4.78 is 0. The molecule has 1 aromatic carbocycles. The number of hydrogen-bond donors (Lipinski definition) is 1. The molecule has 3 rings (SSSR count). The van der Waals surface area contributed by atoms with Gasteiger partial charge in [0.05, 0.1) is 0 Å². The molecule has 2 N–H and O–H groups in total. The number of rotatable bonds is 3. The molecule has 2 aliphatic rings. The zero-order valence-corrected chi connectivity index (χ0v) is 13.2. The highest BCUT2D eigenvalue weighted by molar-refractivity contribution is 6.35. The molecule has 2 nitrogen and oxygen atoms in total. The molecule has 2 atom stereocenters. The number of halogens is 2. The fourth-order valence-electron chi connectivity index (χ4n) is 3.51. The van der Waals surface area contributed by atoms with E-state index < -0.39 is 0 Å². The average molecular weight is 313 g/mol. The maximum absolute atomic E-state index is 6.48. The second kappa shape index (κ2) is 6.23. The molecule has 1 saturated carbocycles. The van der Waals surface area contributed by atoms with Crippen LogP contribution in [0.15, 0.2) is 18.2 Å². The SMILES string of the molecule is NCC1CCCCN(C2CC2)C1c1ccc(Cl)cc1Cl. The van der Waals surface area contributed by atoms with Gasteiger partial charge in [0.15, 0.2) is 0 Å². The first-order valence-electron chi connectivity index (χ1n) is 7.61. The normalized spacial score (nSPS) is 28.4. The van der Waals surface area contributed by atoms with Crippen molar-refractivity contribution in [2.24, 2.45) is 11.7 Å². The Kier molecular flexibility index (Phi) is 4.56. The Morgan fingerprint density at radius 2 is 1.95 bits per heavy atom. The summed E-state index contributed by atoms with van der Waals surface area (Å²) in [6, 6.07) is 7.01. The summed E-state index contributed by atoms with van der Waals surface area (Å²) in [4.78, 5) is 2.65. The second-order valence-corrected chi connectivity index (χ2v) is 6.91. The molecule has 0 aromatic heterocycles. The lowest BCUT2D eigenvalue weighted by Crippen LogP contribution is -2.37. The van der Waals surface area contributed by atoms with Crippen LogP contribution in [0.3, 0.4) is 0 Å². The third-order valence-electron chi connectivity index (χ3n) is 4.64. The van der Waals surface area contributed by atoms with Gasteiger partial charge in [-0.3, -0.25) is 4.90 Å². The van der Waals surface area contributed by atoms with Gasteiger partial charge in [-0.2, -0.15) is 0 Å². The highest BCUT2D eigenvalue weighted by atomic mass is 35.5. The predicted octanol–water partition coefficient (Wildman–Crippen LogP) is 4.26. The first-order chi connectivity index (χ1) is 9.70. The highest BCUT2D eigenvalue weighted by Crippen LogP contribution is 2.43. The molecule has 1 heterocycles. The molecular weight excluding hydrogens is 291 g/mol. The molecule has 1 aliphatic heterocycles. The zero-order chi connectivity index (χ0) is 14.1. The minimum absolute atomic E-state index is 0.361. The number of benzene rings is 1. The van der Waals surface area contributed by atoms with Crippen LogP contribution in [0.5, 0.6) is 0 Å². The Labute approximate surface area is 131 Å². The van der Waals surface area contributed by atoms with Gasteiger partial charge in [-0.05, 0) is 62.4 Å². The Bertz CT molecular complexity index is 474. The van der Waals surface area contributed by atoms with E-state index in [0.717, 1.165) is 17.6 Å². The van der Waals surface area contributed by atoms with Crippen LogP contribution in [-0.4, -0.2) is 24.0 Å². The summed E-state index contributed by atoms with van der Waals surface area (Å²) in [7, 11) is 0. The molecule has 20 heavy (non-hydrogen) atoms. The van der Waals surface area contributed by atoms with Crippen LogP contribution < -0.4 is 5.73 Å². The Morgan fingerprint density at radius 3 is 2.60 bits per heavy atom. The van der Waals surface area contributed by atoms with Gasteiger partial charge in [-0.25, -0.2) is 0 Å². The summed E-state index contributed by atoms with van der Waals surface area (Å²) >= 11 is 12.5. The number of hydrogen-bond acceptors (Lipinski definition) is 2. The van der Waals surface area contributed by atoms with Gasteiger partial charge in [0.1, 0.15) is 0 Å². The molecule has 1 aliphatic carbocycles. The number of likely N-dealkylation sites (tertiary alicyclic amines) is 1. The molecule has 1 aromatic rings. The van der Waals surface area contributed by atoms with Crippen molar-refractivity contribution in [3.05, 3.63) is 33.8 Å². The van der Waals surface area contributed by atoms with E-state index in [0.29, 0.717) is 17.0 Å². The first kappa shape index (κ1) is 14.6. The van der Waals surface area contributed by atoms with Crippen LogP contribution in [0, 0.1) is 5.92 Å². The summed E-state index contributed by atoms with van der Waals surface area (Å²) in [5.74, 6) is 0.497. The van der Waals surface area contributed by atoms with Crippen LogP contribution in [0.2, 0.25) is 10.0 Å². The van der Waals surface area contributed by atoms with E-state index >= 15 is 0 Å². The predicted molar refractivity (Wildman–Crippen MR) is 85.3 cm³/mol. The Balaban J connectivity index is 1.98. The molecule has 0 amide bonds. The lowest BCUT2D eigenvalue weighted by atomic mass is 9.89. The van der Waals surface area contributed by atoms with Crippen molar-refractivity contribution in [3.63, 3.8) is 0 Å². The molecule has 110 valence electrons. The van der Waals surface area contributed by atoms with E-state index in [9.17, 15) is 0 Å². The standard InChI is InChI=1S/C16H22Cl2N2/c17-12-4-7-14(15(18)9-12)16-11(10-19)3-1-2-8-20(16)13-5-6-13/h4,7,9,11,13,16H,1-3,5-6,8,10,19H2. The van der Waals surface area contributed by atoms with Crippen LogP contribution in [0.25, 0.3) is 0 Å². The molecule has 4 heteroatoms. The van der Waals surface area contributed by atoms with E-state index in [2.05, 4.69) is 11.0 Å². The quantitative estimate of drug-likeness (QED) is 0.903. The van der Waals surface area contributed by atoms with Crippen molar-refractivity contribution in [1.29, 1.82) is 0 Å². The summed E-state index contributed by atoms with van der Waals surface area (Å²) in [6.45, 7) is 1.90. The van der Waals surface area contributed by atoms with Crippen molar-refractivity contribution in [2.45, 2.75) is 44.2 Å². The monoisotopic (exact) mass is 312 g/mol. The van der Waals surface area contributed by atoms with Crippen molar-refractivity contribution in [1.82, 2.24) is 4.90 Å². The lowest BCUT2D eigenvalue weighted by Gasteiger charge is -2.35. The van der Waals surface area contributed by atoms with Gasteiger partial charge in [0, 0.05) is 22.1 Å². The Hall–Kier alpha value is -0.280. The van der Waals surface area contributed by atoms with Crippen molar-refractivity contribution >= 4 is 23.2 Å². The molecule has 2 unspecified atom stereocenters. The molecule has 2 fully saturated rings. The molecule has 1 saturated heterocycles. The number of nitrogens with zero attached hydrogens (tertiary/aromatic N) is 1. The lowest BCUT2D eigenvalue weighted by molar-refractivity contribution is 0.149. The van der Waals surface area contributed by atoms with Crippen LogP contribution in [0.4, 0.5) is 0 Å². The number of nitrogens with two attached hydrogens (primary N) is 1. The van der Waals surface area contributed by atoms with Gasteiger partial charge in [0.2, 0.25) is 0 Å². The summed E-state index contributed by atoms with van der Waals surface area (Å²) in [5, 5.41) is 1.49. The van der Waals surface area contributed by atoms with E-state index in [1.54, 1.807) is 0 Å². The topological polar surface area (TPSA) is 29.3 Å². The van der Waals surface area contributed by atoms with Gasteiger partial charge in [-0.15, -0.1) is 0 Å².